The monoisotopic (exact) mass is 325 g/mol. The SMILES string of the molecule is CCCCNC(=O)c1ccn(Cn2cc(Br)cn2)n1. The largest absolute Gasteiger partial charge is 0.351 e. The van der Waals surface area contributed by atoms with Crippen molar-refractivity contribution in [2.45, 2.75) is 26.4 Å². The third kappa shape index (κ3) is 3.92. The summed E-state index contributed by atoms with van der Waals surface area (Å²) < 4.78 is 4.32. The molecule has 0 aliphatic heterocycles. The summed E-state index contributed by atoms with van der Waals surface area (Å²) in [5, 5.41) is 11.2. The molecule has 2 rings (SSSR count). The van der Waals surface area contributed by atoms with E-state index in [0.717, 1.165) is 17.3 Å². The van der Waals surface area contributed by atoms with Crippen LogP contribution in [0.5, 0.6) is 0 Å². The zero-order chi connectivity index (χ0) is 13.7. The summed E-state index contributed by atoms with van der Waals surface area (Å²) in [7, 11) is 0. The fourth-order valence-corrected chi connectivity index (χ4v) is 1.92. The maximum Gasteiger partial charge on any atom is 0.271 e. The molecule has 0 radical (unpaired) electrons. The van der Waals surface area contributed by atoms with Crippen LogP contribution >= 0.6 is 15.9 Å². The molecule has 0 unspecified atom stereocenters. The van der Waals surface area contributed by atoms with Crippen molar-refractivity contribution in [1.29, 1.82) is 0 Å². The Morgan fingerprint density at radius 2 is 2.32 bits per heavy atom. The first-order valence-electron chi connectivity index (χ1n) is 6.18. The molecule has 2 aromatic heterocycles. The van der Waals surface area contributed by atoms with E-state index in [4.69, 9.17) is 0 Å². The van der Waals surface area contributed by atoms with Gasteiger partial charge in [-0.1, -0.05) is 13.3 Å². The molecule has 2 heterocycles. The molecule has 0 spiro atoms. The lowest BCUT2D eigenvalue weighted by Crippen LogP contribution is -2.25. The molecular formula is C12H16BrN5O. The second-order valence-electron chi connectivity index (χ2n) is 4.19. The Kier molecular flexibility index (Phi) is 4.73. The highest BCUT2D eigenvalue weighted by molar-refractivity contribution is 9.10. The smallest absolute Gasteiger partial charge is 0.271 e. The maximum atomic E-state index is 11.8. The van der Waals surface area contributed by atoms with Crippen LogP contribution in [0.4, 0.5) is 0 Å². The van der Waals surface area contributed by atoms with Crippen molar-refractivity contribution in [2.24, 2.45) is 0 Å². The average molecular weight is 326 g/mol. The van der Waals surface area contributed by atoms with Crippen LogP contribution in [0.1, 0.15) is 30.3 Å². The molecule has 6 nitrogen and oxygen atoms in total. The van der Waals surface area contributed by atoms with Crippen LogP contribution in [0.25, 0.3) is 0 Å². The number of nitrogens with zero attached hydrogens (tertiary/aromatic N) is 4. The van der Waals surface area contributed by atoms with Gasteiger partial charge in [-0.2, -0.15) is 10.2 Å². The van der Waals surface area contributed by atoms with Crippen LogP contribution in [0, 0.1) is 0 Å². The van der Waals surface area contributed by atoms with Gasteiger partial charge in [0.25, 0.3) is 5.91 Å². The first-order chi connectivity index (χ1) is 9.19. The Morgan fingerprint density at radius 3 is 3.00 bits per heavy atom. The molecule has 0 saturated heterocycles. The summed E-state index contributed by atoms with van der Waals surface area (Å²) in [5.41, 5.74) is 0.433. The predicted octanol–water partition coefficient (Wildman–Crippen LogP) is 1.88. The molecule has 0 saturated carbocycles. The molecule has 0 aromatic carbocycles. The highest BCUT2D eigenvalue weighted by atomic mass is 79.9. The third-order valence-corrected chi connectivity index (χ3v) is 2.99. The second-order valence-corrected chi connectivity index (χ2v) is 5.11. The highest BCUT2D eigenvalue weighted by Crippen LogP contribution is 2.06. The quantitative estimate of drug-likeness (QED) is 0.825. The minimum atomic E-state index is -0.131. The fourth-order valence-electron chi connectivity index (χ4n) is 1.59. The first kappa shape index (κ1) is 13.8. The summed E-state index contributed by atoms with van der Waals surface area (Å²) in [6, 6.07) is 1.71. The molecule has 0 fully saturated rings. The van der Waals surface area contributed by atoms with E-state index >= 15 is 0 Å². The second kappa shape index (κ2) is 6.51. The Morgan fingerprint density at radius 1 is 1.47 bits per heavy atom. The molecule has 0 aliphatic carbocycles. The number of hydrogen-bond acceptors (Lipinski definition) is 3. The number of rotatable bonds is 6. The molecule has 2 aromatic rings. The molecule has 1 amide bonds. The van der Waals surface area contributed by atoms with Crippen LogP contribution in [0.2, 0.25) is 0 Å². The highest BCUT2D eigenvalue weighted by Gasteiger charge is 2.08. The van der Waals surface area contributed by atoms with Gasteiger partial charge < -0.3 is 5.32 Å². The lowest BCUT2D eigenvalue weighted by molar-refractivity contribution is 0.0947. The van der Waals surface area contributed by atoms with Gasteiger partial charge in [0.2, 0.25) is 0 Å². The third-order valence-electron chi connectivity index (χ3n) is 2.58. The van der Waals surface area contributed by atoms with Crippen molar-refractivity contribution in [3.63, 3.8) is 0 Å². The van der Waals surface area contributed by atoms with E-state index in [1.54, 1.807) is 27.8 Å². The number of halogens is 1. The van der Waals surface area contributed by atoms with Crippen LogP contribution in [-0.4, -0.2) is 32.0 Å². The standard InChI is InChI=1S/C12H16BrN5O/c1-2-3-5-14-12(19)11-4-6-17(16-11)9-18-8-10(13)7-15-18/h4,6-8H,2-3,5,9H2,1H3,(H,14,19). The van der Waals surface area contributed by atoms with Crippen LogP contribution < -0.4 is 5.32 Å². The maximum absolute atomic E-state index is 11.8. The number of amides is 1. The number of unbranched alkanes of at least 4 members (excludes halogenated alkanes) is 1. The lowest BCUT2D eigenvalue weighted by Gasteiger charge is -2.02. The van der Waals surface area contributed by atoms with E-state index in [1.807, 2.05) is 6.20 Å². The van der Waals surface area contributed by atoms with Gasteiger partial charge in [0.05, 0.1) is 10.7 Å². The van der Waals surface area contributed by atoms with E-state index < -0.39 is 0 Å². The molecule has 1 N–H and O–H groups in total. The van der Waals surface area contributed by atoms with Crippen molar-refractivity contribution in [1.82, 2.24) is 24.9 Å². The Bertz CT molecular complexity index is 548. The molecule has 0 bridgehead atoms. The molecule has 0 atom stereocenters. The fraction of sp³-hybridized carbons (Fsp3) is 0.417. The molecule has 0 aliphatic rings. The topological polar surface area (TPSA) is 64.7 Å². The van der Waals surface area contributed by atoms with Crippen molar-refractivity contribution < 1.29 is 4.79 Å². The van der Waals surface area contributed by atoms with E-state index in [2.05, 4.69) is 38.4 Å². The van der Waals surface area contributed by atoms with Gasteiger partial charge in [-0.25, -0.2) is 4.68 Å². The minimum Gasteiger partial charge on any atom is -0.351 e. The van der Waals surface area contributed by atoms with Gasteiger partial charge >= 0.3 is 0 Å². The van der Waals surface area contributed by atoms with E-state index in [-0.39, 0.29) is 5.91 Å². The van der Waals surface area contributed by atoms with Crippen LogP contribution in [-0.2, 0) is 6.67 Å². The van der Waals surface area contributed by atoms with Gasteiger partial charge in [-0.3, -0.25) is 9.48 Å². The molecular weight excluding hydrogens is 310 g/mol. The Balaban J connectivity index is 1.93. The van der Waals surface area contributed by atoms with Gasteiger partial charge in [0.15, 0.2) is 0 Å². The number of carbonyl (C=O) groups excluding carboxylic acids is 1. The van der Waals surface area contributed by atoms with Gasteiger partial charge in [-0.05, 0) is 28.4 Å². The average Bonchev–Trinajstić information content (AvgIpc) is 3.00. The summed E-state index contributed by atoms with van der Waals surface area (Å²) in [4.78, 5) is 11.8. The van der Waals surface area contributed by atoms with Crippen LogP contribution in [0.15, 0.2) is 29.1 Å². The predicted molar refractivity (Wildman–Crippen MR) is 74.8 cm³/mol. The summed E-state index contributed by atoms with van der Waals surface area (Å²) >= 11 is 3.33. The number of hydrogen-bond donors (Lipinski definition) is 1. The van der Waals surface area contributed by atoms with E-state index in [0.29, 0.717) is 18.9 Å². The molecule has 7 heteroatoms. The molecule has 19 heavy (non-hydrogen) atoms. The number of aromatic nitrogens is 4. The zero-order valence-electron chi connectivity index (χ0n) is 10.7. The Labute approximate surface area is 119 Å². The zero-order valence-corrected chi connectivity index (χ0v) is 12.3. The van der Waals surface area contributed by atoms with Gasteiger partial charge in [0, 0.05) is 18.9 Å². The first-order valence-corrected chi connectivity index (χ1v) is 6.98. The van der Waals surface area contributed by atoms with Crippen molar-refractivity contribution >= 4 is 21.8 Å². The lowest BCUT2D eigenvalue weighted by atomic mass is 10.3. The minimum absolute atomic E-state index is 0.131. The van der Waals surface area contributed by atoms with Crippen LogP contribution in [0.3, 0.4) is 0 Å². The number of nitrogens with one attached hydrogen (secondary N) is 1. The Hall–Kier alpha value is -1.63. The summed E-state index contributed by atoms with van der Waals surface area (Å²) in [6.45, 7) is 3.26. The van der Waals surface area contributed by atoms with E-state index in [9.17, 15) is 4.79 Å². The molecule has 102 valence electrons. The van der Waals surface area contributed by atoms with Crippen molar-refractivity contribution in [2.75, 3.05) is 6.54 Å². The van der Waals surface area contributed by atoms with E-state index in [1.165, 1.54) is 0 Å². The van der Waals surface area contributed by atoms with Gasteiger partial charge in [-0.15, -0.1) is 0 Å². The van der Waals surface area contributed by atoms with Crippen molar-refractivity contribution in [3.05, 3.63) is 34.8 Å². The summed E-state index contributed by atoms with van der Waals surface area (Å²) in [5.74, 6) is -0.131. The summed E-state index contributed by atoms with van der Waals surface area (Å²) in [6.07, 6.45) is 7.37. The number of carbonyl (C=O) groups is 1. The van der Waals surface area contributed by atoms with Gasteiger partial charge in [0.1, 0.15) is 12.4 Å². The normalized spacial score (nSPS) is 10.6. The van der Waals surface area contributed by atoms with Crippen molar-refractivity contribution in [3.8, 4) is 0 Å².